The minimum absolute atomic E-state index is 0.00654. The molecule has 6 atom stereocenters. The van der Waals surface area contributed by atoms with Gasteiger partial charge in [0.15, 0.2) is 23.0 Å². The number of esters is 2. The number of benzene rings is 3. The molecule has 0 aliphatic heterocycles. The van der Waals surface area contributed by atoms with Crippen LogP contribution in [0.5, 0.6) is 23.0 Å². The number of methoxy groups -OCH3 is 2. The Kier molecular flexibility index (Phi) is 9.13. The van der Waals surface area contributed by atoms with E-state index in [-0.39, 0.29) is 60.1 Å². The Morgan fingerprint density at radius 1 is 0.804 bits per heavy atom. The quantitative estimate of drug-likeness (QED) is 0.303. The zero-order valence-electron chi connectivity index (χ0n) is 26.5. The molecule has 0 saturated heterocycles. The van der Waals surface area contributed by atoms with E-state index in [0.29, 0.717) is 37.2 Å². The number of ether oxygens (including phenoxy) is 4. The zero-order valence-corrected chi connectivity index (χ0v) is 26.5. The number of aliphatic hydroxyl groups excluding tert-OH is 1. The second-order valence-electron chi connectivity index (χ2n) is 12.9. The van der Waals surface area contributed by atoms with Crippen molar-refractivity contribution < 1.29 is 43.9 Å². The van der Waals surface area contributed by atoms with Crippen molar-refractivity contribution >= 4 is 11.9 Å². The molecule has 46 heavy (non-hydrogen) atoms. The summed E-state index contributed by atoms with van der Waals surface area (Å²) in [7, 11) is 3.06. The Hall–Kier alpha value is -4.24. The summed E-state index contributed by atoms with van der Waals surface area (Å²) < 4.78 is 23.2. The van der Waals surface area contributed by atoms with Crippen LogP contribution in [0, 0.1) is 17.8 Å². The lowest BCUT2D eigenvalue weighted by atomic mass is 9.58. The van der Waals surface area contributed by atoms with Gasteiger partial charge >= 0.3 is 11.9 Å². The van der Waals surface area contributed by atoms with E-state index in [1.54, 1.807) is 24.3 Å². The lowest BCUT2D eigenvalue weighted by Gasteiger charge is -2.49. The highest BCUT2D eigenvalue weighted by Crippen LogP contribution is 2.53. The molecule has 0 spiro atoms. The smallest absolute Gasteiger partial charge is 0.310 e. The predicted molar refractivity (Wildman–Crippen MR) is 169 cm³/mol. The monoisotopic (exact) mass is 630 g/mol. The SMILES string of the molecule is COc1cc2c(cc1O)C[C@@H]1[C@H]3CCc4cc(O)c(OC)cc4[C@@H]3C[C@H](OC(=O)Cc3cccc(CO)c3)C[C@@H](OC(C)=O)[C@H]1C2. The van der Waals surface area contributed by atoms with Crippen LogP contribution < -0.4 is 9.47 Å². The van der Waals surface area contributed by atoms with Crippen LogP contribution in [-0.2, 0) is 51.4 Å². The van der Waals surface area contributed by atoms with Crippen molar-refractivity contribution in [2.75, 3.05) is 14.2 Å². The summed E-state index contributed by atoms with van der Waals surface area (Å²) in [5.74, 6) is 0.463. The third-order valence-corrected chi connectivity index (χ3v) is 10.2. The van der Waals surface area contributed by atoms with Gasteiger partial charge in [-0.05, 0) is 108 Å². The van der Waals surface area contributed by atoms with Crippen LogP contribution in [0.1, 0.15) is 65.5 Å². The van der Waals surface area contributed by atoms with Crippen LogP contribution in [0.25, 0.3) is 0 Å². The van der Waals surface area contributed by atoms with Gasteiger partial charge in [0.25, 0.3) is 0 Å². The maximum Gasteiger partial charge on any atom is 0.310 e. The molecule has 244 valence electrons. The zero-order chi connectivity index (χ0) is 32.5. The molecule has 3 aromatic rings. The van der Waals surface area contributed by atoms with E-state index >= 15 is 0 Å². The van der Waals surface area contributed by atoms with Gasteiger partial charge in [0.2, 0.25) is 0 Å². The fourth-order valence-corrected chi connectivity index (χ4v) is 8.30. The number of rotatable bonds is 7. The predicted octanol–water partition coefficient (Wildman–Crippen LogP) is 5.16. The Balaban J connectivity index is 1.40. The number of fused-ring (bicyclic) bond motifs is 6. The van der Waals surface area contributed by atoms with E-state index < -0.39 is 12.2 Å². The van der Waals surface area contributed by atoms with E-state index in [1.165, 1.54) is 21.1 Å². The number of aliphatic hydroxyl groups is 1. The normalized spacial score (nSPS) is 25.0. The standard InChI is InChI=1S/C37H42O9/c1-20(39)45-34-17-26(46-37(42)10-21-5-4-6-22(9-21)19-38)16-30-27(8-7-23-13-32(40)36(44-3)18-28(23)30)29-11-24-14-33(41)35(43-2)15-25(24)12-31(29)34/h4-6,9,13-15,18,26-27,29-31,34,38,40-41H,7-8,10-12,16-17,19H2,1-3H3/t26-,27+,29+,30+,31-,34+/m0/s1. The van der Waals surface area contributed by atoms with Crippen molar-refractivity contribution in [3.05, 3.63) is 81.9 Å². The number of carbonyl (C=O) groups is 2. The first-order valence-corrected chi connectivity index (χ1v) is 16.0. The largest absolute Gasteiger partial charge is 0.504 e. The van der Waals surface area contributed by atoms with E-state index in [1.807, 2.05) is 24.3 Å². The minimum Gasteiger partial charge on any atom is -0.504 e. The molecule has 3 N–H and O–H groups in total. The molecule has 9 heteroatoms. The van der Waals surface area contributed by atoms with Gasteiger partial charge in [0.1, 0.15) is 12.2 Å². The van der Waals surface area contributed by atoms with Crippen LogP contribution in [-0.4, -0.2) is 53.7 Å². The van der Waals surface area contributed by atoms with Crippen molar-refractivity contribution in [1.29, 1.82) is 0 Å². The third-order valence-electron chi connectivity index (χ3n) is 10.2. The van der Waals surface area contributed by atoms with Crippen LogP contribution in [0.4, 0.5) is 0 Å². The summed E-state index contributed by atoms with van der Waals surface area (Å²) in [5.41, 5.74) is 5.71. The summed E-state index contributed by atoms with van der Waals surface area (Å²) in [4.78, 5) is 25.9. The van der Waals surface area contributed by atoms with Crippen LogP contribution in [0.2, 0.25) is 0 Å². The molecule has 6 rings (SSSR count). The number of phenols is 2. The number of carbonyl (C=O) groups excluding carboxylic acids is 2. The second kappa shape index (κ2) is 13.2. The van der Waals surface area contributed by atoms with Gasteiger partial charge in [-0.1, -0.05) is 24.3 Å². The van der Waals surface area contributed by atoms with Gasteiger partial charge in [-0.3, -0.25) is 9.59 Å². The fraction of sp³-hybridized carbons (Fsp3) is 0.459. The fourth-order valence-electron chi connectivity index (χ4n) is 8.30. The molecule has 0 radical (unpaired) electrons. The topological polar surface area (TPSA) is 132 Å². The number of hydrogen-bond donors (Lipinski definition) is 3. The minimum atomic E-state index is -0.534. The number of aryl methyl sites for hydroxylation is 1. The Morgan fingerprint density at radius 3 is 2.20 bits per heavy atom. The Labute approximate surface area is 269 Å². The van der Waals surface area contributed by atoms with Gasteiger partial charge in [-0.25, -0.2) is 0 Å². The average molecular weight is 631 g/mol. The maximum atomic E-state index is 13.4. The first kappa shape index (κ1) is 31.7. The number of aromatic hydroxyl groups is 2. The molecule has 1 saturated carbocycles. The van der Waals surface area contributed by atoms with Gasteiger partial charge in [-0.15, -0.1) is 0 Å². The second-order valence-corrected chi connectivity index (χ2v) is 12.9. The highest BCUT2D eigenvalue weighted by atomic mass is 16.6. The number of hydrogen-bond acceptors (Lipinski definition) is 9. The van der Waals surface area contributed by atoms with Crippen molar-refractivity contribution in [3.8, 4) is 23.0 Å². The molecule has 0 aromatic heterocycles. The van der Waals surface area contributed by atoms with E-state index in [2.05, 4.69) is 0 Å². The van der Waals surface area contributed by atoms with E-state index in [0.717, 1.165) is 46.2 Å². The van der Waals surface area contributed by atoms with Gasteiger partial charge in [0.05, 0.1) is 27.2 Å². The highest BCUT2D eigenvalue weighted by molar-refractivity contribution is 5.73. The van der Waals surface area contributed by atoms with Crippen molar-refractivity contribution in [2.24, 2.45) is 17.8 Å². The average Bonchev–Trinajstić information content (AvgIpc) is 3.02. The summed E-state index contributed by atoms with van der Waals surface area (Å²) in [6.07, 6.45) is 2.85. The molecule has 0 heterocycles. The lowest BCUT2D eigenvalue weighted by molar-refractivity contribution is -0.161. The molecule has 1 fully saturated rings. The molecular weight excluding hydrogens is 588 g/mol. The summed E-state index contributed by atoms with van der Waals surface area (Å²) >= 11 is 0. The van der Waals surface area contributed by atoms with Crippen molar-refractivity contribution in [3.63, 3.8) is 0 Å². The Morgan fingerprint density at radius 2 is 1.48 bits per heavy atom. The van der Waals surface area contributed by atoms with E-state index in [4.69, 9.17) is 18.9 Å². The van der Waals surface area contributed by atoms with Gasteiger partial charge in [-0.2, -0.15) is 0 Å². The molecule has 0 unspecified atom stereocenters. The summed E-state index contributed by atoms with van der Waals surface area (Å²) in [6, 6.07) is 14.6. The summed E-state index contributed by atoms with van der Waals surface area (Å²) in [6.45, 7) is 1.30. The molecule has 3 aromatic carbocycles. The molecule has 9 nitrogen and oxygen atoms in total. The van der Waals surface area contributed by atoms with Crippen LogP contribution in [0.15, 0.2) is 48.5 Å². The van der Waals surface area contributed by atoms with Gasteiger partial charge in [0, 0.05) is 19.3 Å². The Bertz CT molecular complexity index is 1610. The molecule has 0 bridgehead atoms. The molecule has 3 aliphatic rings. The lowest BCUT2D eigenvalue weighted by Crippen LogP contribution is -2.47. The number of phenolic OH excluding ortho intramolecular Hbond substituents is 2. The first-order chi connectivity index (χ1) is 22.2. The summed E-state index contributed by atoms with van der Waals surface area (Å²) in [5, 5.41) is 30.8. The van der Waals surface area contributed by atoms with E-state index in [9.17, 15) is 24.9 Å². The molecule has 3 aliphatic carbocycles. The van der Waals surface area contributed by atoms with Crippen molar-refractivity contribution in [1.82, 2.24) is 0 Å². The maximum absolute atomic E-state index is 13.4. The first-order valence-electron chi connectivity index (χ1n) is 16.0. The third kappa shape index (κ3) is 6.38. The van der Waals surface area contributed by atoms with Crippen molar-refractivity contribution in [2.45, 2.75) is 76.6 Å². The van der Waals surface area contributed by atoms with Crippen LogP contribution >= 0.6 is 0 Å². The highest BCUT2D eigenvalue weighted by Gasteiger charge is 2.48. The van der Waals surface area contributed by atoms with Crippen LogP contribution in [0.3, 0.4) is 0 Å². The molecular formula is C37H42O9. The molecule has 0 amide bonds. The van der Waals surface area contributed by atoms with Gasteiger partial charge < -0.3 is 34.3 Å².